The summed E-state index contributed by atoms with van der Waals surface area (Å²) in [4.78, 5) is 23.3. The summed E-state index contributed by atoms with van der Waals surface area (Å²) in [6.07, 6.45) is 0.363. The van der Waals surface area contributed by atoms with Gasteiger partial charge in [0.05, 0.1) is 23.7 Å². The highest BCUT2D eigenvalue weighted by atomic mass is 32.2. The number of carbonyl (C=O) groups excluding carboxylic acids is 1. The summed E-state index contributed by atoms with van der Waals surface area (Å²) in [5, 5.41) is 2.99. The molecule has 1 fully saturated rings. The minimum absolute atomic E-state index is 0.0216. The van der Waals surface area contributed by atoms with Crippen LogP contribution in [0.25, 0.3) is 0 Å². The molecule has 0 saturated carbocycles. The van der Waals surface area contributed by atoms with E-state index in [4.69, 9.17) is 4.74 Å². The van der Waals surface area contributed by atoms with Crippen molar-refractivity contribution in [2.75, 3.05) is 46.2 Å². The molecule has 1 aliphatic heterocycles. The fourth-order valence-electron chi connectivity index (χ4n) is 3.37. The van der Waals surface area contributed by atoms with Crippen LogP contribution in [-0.2, 0) is 26.1 Å². The van der Waals surface area contributed by atoms with Crippen LogP contribution in [-0.4, -0.2) is 74.4 Å². The van der Waals surface area contributed by atoms with Crippen molar-refractivity contribution in [2.45, 2.75) is 23.8 Å². The molecule has 30 heavy (non-hydrogen) atoms. The number of hydrogen-bond acceptors (Lipinski definition) is 7. The molecule has 9 nitrogen and oxygen atoms in total. The van der Waals surface area contributed by atoms with Gasteiger partial charge in [-0.3, -0.25) is 4.79 Å². The van der Waals surface area contributed by atoms with Gasteiger partial charge >= 0.3 is 0 Å². The molecule has 1 aliphatic rings. The number of nitrogens with one attached hydrogen (secondary N) is 1. The van der Waals surface area contributed by atoms with E-state index in [1.165, 1.54) is 11.4 Å². The molecule has 1 aromatic heterocycles. The van der Waals surface area contributed by atoms with Crippen LogP contribution in [0.15, 0.2) is 41.3 Å². The van der Waals surface area contributed by atoms with Gasteiger partial charge in [0.15, 0.2) is 0 Å². The number of rotatable bonds is 9. The molecule has 0 bridgehead atoms. The molecule has 0 spiro atoms. The molecule has 0 aliphatic carbocycles. The van der Waals surface area contributed by atoms with Crippen molar-refractivity contribution in [1.82, 2.24) is 19.2 Å². The quantitative estimate of drug-likeness (QED) is 0.635. The Morgan fingerprint density at radius 2 is 2.00 bits per heavy atom. The maximum Gasteiger partial charge on any atom is 0.243 e. The Labute approximate surface area is 177 Å². The number of amides is 1. The highest BCUT2D eigenvalue weighted by Gasteiger charge is 2.32. The van der Waals surface area contributed by atoms with Crippen LogP contribution in [0.2, 0.25) is 0 Å². The Morgan fingerprint density at radius 1 is 1.27 bits per heavy atom. The van der Waals surface area contributed by atoms with E-state index in [-0.39, 0.29) is 23.3 Å². The maximum atomic E-state index is 12.8. The average Bonchev–Trinajstić information content (AvgIpc) is 3.13. The second kappa shape index (κ2) is 9.50. The van der Waals surface area contributed by atoms with Crippen molar-refractivity contribution < 1.29 is 17.9 Å². The highest BCUT2D eigenvalue weighted by molar-refractivity contribution is 7.89. The third kappa shape index (κ3) is 4.94. The van der Waals surface area contributed by atoms with Crippen LogP contribution in [0.5, 0.6) is 0 Å². The van der Waals surface area contributed by atoms with Gasteiger partial charge < -0.3 is 15.0 Å². The Kier molecular flexibility index (Phi) is 7.01. The molecule has 3 rings (SSSR count). The number of methoxy groups -OCH3 is 1. The lowest BCUT2D eigenvalue weighted by molar-refractivity contribution is -0.128. The zero-order chi connectivity index (χ0) is 21.7. The number of carbonyl (C=O) groups is 1. The lowest BCUT2D eigenvalue weighted by atomic mass is 10.0. The van der Waals surface area contributed by atoms with Crippen molar-refractivity contribution in [2.24, 2.45) is 0 Å². The van der Waals surface area contributed by atoms with Gasteiger partial charge in [-0.25, -0.2) is 18.4 Å². The molecule has 0 unspecified atom stereocenters. The monoisotopic (exact) mass is 433 g/mol. The minimum Gasteiger partial charge on any atom is -0.383 e. The van der Waals surface area contributed by atoms with Crippen LogP contribution >= 0.6 is 0 Å². The van der Waals surface area contributed by atoms with Crippen LogP contribution in [0, 0.1) is 0 Å². The van der Waals surface area contributed by atoms with E-state index < -0.39 is 10.0 Å². The molecule has 1 saturated heterocycles. The van der Waals surface area contributed by atoms with Crippen LogP contribution < -0.4 is 5.32 Å². The van der Waals surface area contributed by atoms with Gasteiger partial charge in [-0.1, -0.05) is 18.2 Å². The first-order chi connectivity index (χ1) is 14.3. The molecule has 10 heteroatoms. The van der Waals surface area contributed by atoms with Gasteiger partial charge in [-0.15, -0.1) is 0 Å². The predicted octanol–water partition coefficient (Wildman–Crippen LogP) is 1.30. The summed E-state index contributed by atoms with van der Waals surface area (Å²) >= 11 is 0. The first-order valence-corrected chi connectivity index (χ1v) is 11.1. The molecule has 2 aromatic rings. The second-order valence-corrected chi connectivity index (χ2v) is 9.20. The molecule has 1 atom stereocenters. The minimum atomic E-state index is -3.66. The summed E-state index contributed by atoms with van der Waals surface area (Å²) in [6.45, 7) is 1.60. The number of anilines is 1. The number of sulfonamides is 1. The zero-order valence-electron chi connectivity index (χ0n) is 17.4. The van der Waals surface area contributed by atoms with E-state index in [9.17, 15) is 13.2 Å². The van der Waals surface area contributed by atoms with Gasteiger partial charge in [-0.2, -0.15) is 4.31 Å². The molecular weight excluding hydrogens is 406 g/mol. The highest BCUT2D eigenvalue weighted by Crippen LogP contribution is 2.28. The van der Waals surface area contributed by atoms with Crippen LogP contribution in [0.1, 0.15) is 23.9 Å². The number of likely N-dealkylation sites (tertiary alicyclic amines) is 1. The summed E-state index contributed by atoms with van der Waals surface area (Å²) < 4.78 is 31.9. The van der Waals surface area contributed by atoms with Crippen molar-refractivity contribution in [3.8, 4) is 0 Å². The van der Waals surface area contributed by atoms with E-state index in [1.807, 2.05) is 6.07 Å². The Balaban J connectivity index is 1.81. The van der Waals surface area contributed by atoms with Crippen molar-refractivity contribution >= 4 is 21.7 Å². The third-order valence-electron chi connectivity index (χ3n) is 5.06. The van der Waals surface area contributed by atoms with E-state index in [2.05, 4.69) is 15.3 Å². The third-order valence-corrected chi connectivity index (χ3v) is 6.88. The van der Waals surface area contributed by atoms with Gasteiger partial charge in [0.1, 0.15) is 11.6 Å². The average molecular weight is 434 g/mol. The zero-order valence-corrected chi connectivity index (χ0v) is 18.2. The largest absolute Gasteiger partial charge is 0.383 e. The second-order valence-electron chi connectivity index (χ2n) is 7.15. The van der Waals surface area contributed by atoms with E-state index in [0.717, 1.165) is 5.69 Å². The van der Waals surface area contributed by atoms with E-state index >= 15 is 0 Å². The lowest BCUT2D eigenvalue weighted by Crippen LogP contribution is -2.29. The normalized spacial score (nSPS) is 17.0. The molecule has 1 amide bonds. The van der Waals surface area contributed by atoms with Gasteiger partial charge in [0.2, 0.25) is 15.9 Å². The van der Waals surface area contributed by atoms with Crippen LogP contribution in [0.4, 0.5) is 5.82 Å². The van der Waals surface area contributed by atoms with E-state index in [0.29, 0.717) is 37.8 Å². The van der Waals surface area contributed by atoms with Gasteiger partial charge in [0, 0.05) is 52.7 Å². The number of nitrogens with zero attached hydrogens (tertiary/aromatic N) is 4. The number of benzene rings is 1. The standard InChI is InChI=1S/C20H27N5O4S/c1-21-18-12-17(15-11-20(26)25(13-15)9-10-29-3)22-19(23-18)14-24(2)30(27,28)16-7-5-4-6-8-16/h4-8,12,15H,9-11,13-14H2,1-3H3,(H,21,22,23)/t15-/m0/s1. The summed E-state index contributed by atoms with van der Waals surface area (Å²) in [7, 11) is 1.19. The van der Waals surface area contributed by atoms with Crippen LogP contribution in [0.3, 0.4) is 0 Å². The fraction of sp³-hybridized carbons (Fsp3) is 0.450. The van der Waals surface area contributed by atoms with Crippen molar-refractivity contribution in [3.05, 3.63) is 47.9 Å². The maximum absolute atomic E-state index is 12.8. The molecule has 0 radical (unpaired) electrons. The topological polar surface area (TPSA) is 105 Å². The van der Waals surface area contributed by atoms with Gasteiger partial charge in [0.25, 0.3) is 0 Å². The van der Waals surface area contributed by atoms with Crippen molar-refractivity contribution in [1.29, 1.82) is 0 Å². The summed E-state index contributed by atoms with van der Waals surface area (Å²) in [6, 6.07) is 10.1. The number of aromatic nitrogens is 2. The molecule has 1 aromatic carbocycles. The first kappa shape index (κ1) is 22.1. The SMILES string of the molecule is CNc1cc([C@H]2CC(=O)N(CCOC)C2)nc(CN(C)S(=O)(=O)c2ccccc2)n1. The Hall–Kier alpha value is -2.56. The van der Waals surface area contributed by atoms with E-state index in [1.54, 1.807) is 49.4 Å². The number of ether oxygens (including phenoxy) is 1. The van der Waals surface area contributed by atoms with Crippen molar-refractivity contribution in [3.63, 3.8) is 0 Å². The first-order valence-electron chi connectivity index (χ1n) is 9.69. The molecule has 2 heterocycles. The molecular formula is C20H27N5O4S. The Bertz CT molecular complexity index is 984. The van der Waals surface area contributed by atoms with Gasteiger partial charge in [-0.05, 0) is 12.1 Å². The summed E-state index contributed by atoms with van der Waals surface area (Å²) in [5.74, 6) is 0.955. The number of hydrogen-bond donors (Lipinski definition) is 1. The predicted molar refractivity (Wildman–Crippen MR) is 112 cm³/mol. The fourth-order valence-corrected chi connectivity index (χ4v) is 4.52. The lowest BCUT2D eigenvalue weighted by Gasteiger charge is -2.19. The Morgan fingerprint density at radius 3 is 2.67 bits per heavy atom. The smallest absolute Gasteiger partial charge is 0.243 e. The summed E-state index contributed by atoms with van der Waals surface area (Å²) in [5.41, 5.74) is 0.725. The molecule has 1 N–H and O–H groups in total. The molecule has 162 valence electrons.